The minimum atomic E-state index is -0.679. The summed E-state index contributed by atoms with van der Waals surface area (Å²) in [5.74, 6) is -0.327. The van der Waals surface area contributed by atoms with Crippen molar-refractivity contribution in [1.29, 1.82) is 0 Å². The predicted octanol–water partition coefficient (Wildman–Crippen LogP) is 2.75. The van der Waals surface area contributed by atoms with Gasteiger partial charge in [-0.2, -0.15) is 0 Å². The Hall–Kier alpha value is -2.82. The van der Waals surface area contributed by atoms with Crippen LogP contribution in [0.2, 0.25) is 0 Å². The summed E-state index contributed by atoms with van der Waals surface area (Å²) in [6.07, 6.45) is 0.746. The average Bonchev–Trinajstić information content (AvgIpc) is 2.64. The summed E-state index contributed by atoms with van der Waals surface area (Å²) in [7, 11) is 0. The first-order valence-corrected chi connectivity index (χ1v) is 8.38. The largest absolute Gasteiger partial charge is 0.484 e. The fourth-order valence-electron chi connectivity index (χ4n) is 2.47. The second-order valence-electron chi connectivity index (χ2n) is 6.01. The number of benzene rings is 2. The van der Waals surface area contributed by atoms with Crippen molar-refractivity contribution < 1.29 is 14.3 Å². The predicted molar refractivity (Wildman–Crippen MR) is 98.0 cm³/mol. The van der Waals surface area contributed by atoms with Gasteiger partial charge >= 0.3 is 0 Å². The summed E-state index contributed by atoms with van der Waals surface area (Å²) in [5.41, 5.74) is 7.53. The van der Waals surface area contributed by atoms with Crippen molar-refractivity contribution in [3.05, 3.63) is 54.6 Å². The van der Waals surface area contributed by atoms with Crippen LogP contribution in [0.4, 0.5) is 0 Å². The van der Waals surface area contributed by atoms with Gasteiger partial charge in [0.15, 0.2) is 6.61 Å². The van der Waals surface area contributed by atoms with E-state index >= 15 is 0 Å². The SMILES string of the molecule is CCC(C)C(NC(=O)COc1ccc(-c2ccccc2)cc1)C(N)=O. The lowest BCUT2D eigenvalue weighted by Gasteiger charge is -2.21. The van der Waals surface area contributed by atoms with Crippen LogP contribution in [0.25, 0.3) is 11.1 Å². The van der Waals surface area contributed by atoms with Crippen LogP contribution in [0, 0.1) is 5.92 Å². The Morgan fingerprint density at radius 3 is 2.20 bits per heavy atom. The smallest absolute Gasteiger partial charge is 0.258 e. The maximum Gasteiger partial charge on any atom is 0.258 e. The summed E-state index contributed by atoms with van der Waals surface area (Å²) in [6.45, 7) is 3.65. The Labute approximate surface area is 148 Å². The highest BCUT2D eigenvalue weighted by molar-refractivity contribution is 5.87. The molecule has 0 spiro atoms. The van der Waals surface area contributed by atoms with E-state index in [0.717, 1.165) is 17.5 Å². The number of primary amides is 1. The monoisotopic (exact) mass is 340 g/mol. The molecule has 0 fully saturated rings. The molecule has 25 heavy (non-hydrogen) atoms. The van der Waals surface area contributed by atoms with Crippen LogP contribution in [-0.4, -0.2) is 24.5 Å². The van der Waals surface area contributed by atoms with Crippen LogP contribution >= 0.6 is 0 Å². The van der Waals surface area contributed by atoms with Crippen LogP contribution in [0.15, 0.2) is 54.6 Å². The fraction of sp³-hybridized carbons (Fsp3) is 0.300. The van der Waals surface area contributed by atoms with Gasteiger partial charge < -0.3 is 15.8 Å². The molecular formula is C20H24N2O3. The number of hydrogen-bond acceptors (Lipinski definition) is 3. The van der Waals surface area contributed by atoms with E-state index in [1.807, 2.05) is 68.4 Å². The standard InChI is InChI=1S/C20H24N2O3/c1-3-14(2)19(20(21)24)22-18(23)13-25-17-11-9-16(10-12-17)15-7-5-4-6-8-15/h4-12,14,19H,3,13H2,1-2H3,(H2,21,24)(H,22,23). The van der Waals surface area contributed by atoms with Gasteiger partial charge in [-0.05, 0) is 29.2 Å². The number of hydrogen-bond donors (Lipinski definition) is 2. The van der Waals surface area contributed by atoms with Crippen molar-refractivity contribution in [1.82, 2.24) is 5.32 Å². The lowest BCUT2D eigenvalue weighted by atomic mass is 9.99. The molecule has 0 aromatic heterocycles. The maximum absolute atomic E-state index is 12.0. The van der Waals surface area contributed by atoms with Gasteiger partial charge in [0.2, 0.25) is 5.91 Å². The normalized spacial score (nSPS) is 12.9. The van der Waals surface area contributed by atoms with Crippen molar-refractivity contribution >= 4 is 11.8 Å². The Bertz CT molecular complexity index is 699. The summed E-state index contributed by atoms with van der Waals surface area (Å²) >= 11 is 0. The second kappa shape index (κ2) is 8.87. The van der Waals surface area contributed by atoms with E-state index in [1.165, 1.54) is 0 Å². The molecule has 0 bridgehead atoms. The lowest BCUT2D eigenvalue weighted by molar-refractivity contribution is -0.129. The minimum absolute atomic E-state index is 0.0217. The highest BCUT2D eigenvalue weighted by Gasteiger charge is 2.23. The van der Waals surface area contributed by atoms with E-state index in [-0.39, 0.29) is 18.4 Å². The molecule has 3 N–H and O–H groups in total. The van der Waals surface area contributed by atoms with Crippen molar-refractivity contribution in [2.24, 2.45) is 11.7 Å². The number of nitrogens with two attached hydrogens (primary N) is 1. The molecule has 5 nitrogen and oxygen atoms in total. The molecule has 0 aliphatic carbocycles. The van der Waals surface area contributed by atoms with Gasteiger partial charge in [-0.25, -0.2) is 0 Å². The van der Waals surface area contributed by atoms with Gasteiger partial charge in [-0.1, -0.05) is 62.7 Å². The molecule has 0 radical (unpaired) electrons. The van der Waals surface area contributed by atoms with Crippen LogP contribution in [0.5, 0.6) is 5.75 Å². The Balaban J connectivity index is 1.90. The first kappa shape index (κ1) is 18.5. The Kier molecular flexibility index (Phi) is 6.57. The molecule has 5 heteroatoms. The van der Waals surface area contributed by atoms with E-state index in [0.29, 0.717) is 5.75 Å². The van der Waals surface area contributed by atoms with Crippen LogP contribution < -0.4 is 15.8 Å². The molecule has 2 amide bonds. The first-order chi connectivity index (χ1) is 12.0. The van der Waals surface area contributed by atoms with E-state index < -0.39 is 11.9 Å². The van der Waals surface area contributed by atoms with Gasteiger partial charge in [-0.3, -0.25) is 9.59 Å². The highest BCUT2D eigenvalue weighted by atomic mass is 16.5. The molecule has 0 heterocycles. The highest BCUT2D eigenvalue weighted by Crippen LogP contribution is 2.22. The minimum Gasteiger partial charge on any atom is -0.484 e. The molecular weight excluding hydrogens is 316 g/mol. The molecule has 0 saturated heterocycles. The third-order valence-corrected chi connectivity index (χ3v) is 4.17. The van der Waals surface area contributed by atoms with E-state index in [9.17, 15) is 9.59 Å². The van der Waals surface area contributed by atoms with Crippen LogP contribution in [0.3, 0.4) is 0 Å². The van der Waals surface area contributed by atoms with Gasteiger partial charge in [0, 0.05) is 0 Å². The molecule has 2 rings (SSSR count). The molecule has 2 aromatic rings. The van der Waals surface area contributed by atoms with E-state index in [1.54, 1.807) is 0 Å². The third-order valence-electron chi connectivity index (χ3n) is 4.17. The fourth-order valence-corrected chi connectivity index (χ4v) is 2.47. The molecule has 132 valence electrons. The van der Waals surface area contributed by atoms with Crippen molar-refractivity contribution in [2.75, 3.05) is 6.61 Å². The Morgan fingerprint density at radius 2 is 1.64 bits per heavy atom. The lowest BCUT2D eigenvalue weighted by Crippen LogP contribution is -2.49. The van der Waals surface area contributed by atoms with Gasteiger partial charge in [-0.15, -0.1) is 0 Å². The van der Waals surface area contributed by atoms with Gasteiger partial charge in [0.25, 0.3) is 5.91 Å². The Morgan fingerprint density at radius 1 is 1.04 bits per heavy atom. The summed E-state index contributed by atoms with van der Waals surface area (Å²) in [6, 6.07) is 16.8. The van der Waals surface area contributed by atoms with Crippen molar-refractivity contribution in [3.8, 4) is 16.9 Å². The van der Waals surface area contributed by atoms with Crippen molar-refractivity contribution in [3.63, 3.8) is 0 Å². The number of carbonyl (C=O) groups excluding carboxylic acids is 2. The quantitative estimate of drug-likeness (QED) is 0.775. The molecule has 0 aliphatic heterocycles. The van der Waals surface area contributed by atoms with Crippen LogP contribution in [-0.2, 0) is 9.59 Å². The van der Waals surface area contributed by atoms with Gasteiger partial charge in [0.1, 0.15) is 11.8 Å². The topological polar surface area (TPSA) is 81.4 Å². The molecule has 2 aromatic carbocycles. The van der Waals surface area contributed by atoms with E-state index in [2.05, 4.69) is 5.32 Å². The number of amides is 2. The summed E-state index contributed by atoms with van der Waals surface area (Å²) < 4.78 is 5.49. The molecule has 0 saturated carbocycles. The van der Waals surface area contributed by atoms with E-state index in [4.69, 9.17) is 10.5 Å². The van der Waals surface area contributed by atoms with Gasteiger partial charge in [0.05, 0.1) is 0 Å². The molecule has 2 atom stereocenters. The van der Waals surface area contributed by atoms with Crippen molar-refractivity contribution in [2.45, 2.75) is 26.3 Å². The zero-order valence-electron chi connectivity index (χ0n) is 14.6. The summed E-state index contributed by atoms with van der Waals surface area (Å²) in [4.78, 5) is 23.4. The molecule has 0 aliphatic rings. The summed E-state index contributed by atoms with van der Waals surface area (Å²) in [5, 5.41) is 2.64. The first-order valence-electron chi connectivity index (χ1n) is 8.38. The zero-order chi connectivity index (χ0) is 18.2. The maximum atomic E-state index is 12.0. The number of ether oxygens (including phenoxy) is 1. The number of rotatable bonds is 8. The second-order valence-corrected chi connectivity index (χ2v) is 6.01. The average molecular weight is 340 g/mol. The van der Waals surface area contributed by atoms with Crippen LogP contribution in [0.1, 0.15) is 20.3 Å². The third kappa shape index (κ3) is 5.35. The number of carbonyl (C=O) groups is 2. The zero-order valence-corrected chi connectivity index (χ0v) is 14.6. The number of nitrogens with one attached hydrogen (secondary N) is 1. The molecule has 2 unspecified atom stereocenters.